The van der Waals surface area contributed by atoms with Crippen LogP contribution in [0.25, 0.3) is 21.8 Å². The minimum Gasteiger partial charge on any atom is -0.361 e. The van der Waals surface area contributed by atoms with Crippen molar-refractivity contribution < 1.29 is 0 Å². The average Bonchev–Trinajstić information content (AvgIpc) is 3.43. The lowest BCUT2D eigenvalue weighted by molar-refractivity contribution is 0.648. The maximum atomic E-state index is 4.35. The summed E-state index contributed by atoms with van der Waals surface area (Å²) in [6.45, 7) is 0.887. The van der Waals surface area contributed by atoms with Crippen LogP contribution in [0.4, 0.5) is 0 Å². The van der Waals surface area contributed by atoms with E-state index in [-0.39, 0.29) is 0 Å². The van der Waals surface area contributed by atoms with Crippen molar-refractivity contribution in [2.75, 3.05) is 0 Å². The molecule has 0 unspecified atom stereocenters. The molecule has 0 aliphatic carbocycles. The number of nitrogens with one attached hydrogen (secondary N) is 2. The number of fused-ring (bicyclic) bond motifs is 2. The van der Waals surface area contributed by atoms with Crippen molar-refractivity contribution in [1.29, 1.82) is 0 Å². The molecular formula is C22H21N5. The number of aryl methyl sites for hydroxylation is 4. The summed E-state index contributed by atoms with van der Waals surface area (Å²) < 4.78 is 2.18. The van der Waals surface area contributed by atoms with Gasteiger partial charge in [0, 0.05) is 47.2 Å². The Morgan fingerprint density at radius 2 is 1.37 bits per heavy atom. The first kappa shape index (κ1) is 15.9. The first-order chi connectivity index (χ1) is 13.4. The summed E-state index contributed by atoms with van der Waals surface area (Å²) in [4.78, 5) is 6.70. The second kappa shape index (κ2) is 6.76. The molecule has 0 saturated heterocycles. The van der Waals surface area contributed by atoms with E-state index in [1.54, 1.807) is 0 Å². The molecule has 3 aromatic heterocycles. The standard InChI is InChI=1S/C22H21N5/c1-3-7-20-18(5-1)16(13-23-20)9-10-22-26-25-15-27(22)12-11-17-14-24-21-8-4-2-6-19(17)21/h1-8,13-15,23-24H,9-12H2. The zero-order valence-electron chi connectivity index (χ0n) is 15.0. The smallest absolute Gasteiger partial charge is 0.133 e. The minimum atomic E-state index is 0.885. The average molecular weight is 355 g/mol. The first-order valence-electron chi connectivity index (χ1n) is 9.35. The zero-order chi connectivity index (χ0) is 18.1. The zero-order valence-corrected chi connectivity index (χ0v) is 15.0. The summed E-state index contributed by atoms with van der Waals surface area (Å²) in [7, 11) is 0. The molecular weight excluding hydrogens is 334 g/mol. The van der Waals surface area contributed by atoms with Crippen molar-refractivity contribution in [3.05, 3.63) is 84.2 Å². The molecule has 0 aliphatic heterocycles. The molecule has 0 aliphatic rings. The van der Waals surface area contributed by atoms with Crippen molar-refractivity contribution in [3.8, 4) is 0 Å². The maximum absolute atomic E-state index is 4.35. The molecule has 2 aromatic carbocycles. The highest BCUT2D eigenvalue weighted by Gasteiger charge is 2.09. The van der Waals surface area contributed by atoms with Crippen LogP contribution in [0.15, 0.2) is 67.3 Å². The molecule has 5 aromatic rings. The van der Waals surface area contributed by atoms with Gasteiger partial charge < -0.3 is 14.5 Å². The predicted molar refractivity (Wildman–Crippen MR) is 108 cm³/mol. The lowest BCUT2D eigenvalue weighted by atomic mass is 10.1. The molecule has 2 N–H and O–H groups in total. The van der Waals surface area contributed by atoms with Gasteiger partial charge in [0.05, 0.1) is 0 Å². The Labute approximate surface area is 157 Å². The van der Waals surface area contributed by atoms with E-state index in [0.717, 1.165) is 31.6 Å². The van der Waals surface area contributed by atoms with Crippen LogP contribution in [0.1, 0.15) is 17.0 Å². The Hall–Kier alpha value is -3.34. The summed E-state index contributed by atoms with van der Waals surface area (Å²) in [5.74, 6) is 1.04. The molecule has 0 fully saturated rings. The van der Waals surface area contributed by atoms with Gasteiger partial charge in [0.2, 0.25) is 0 Å². The van der Waals surface area contributed by atoms with E-state index < -0.39 is 0 Å². The van der Waals surface area contributed by atoms with E-state index in [2.05, 4.69) is 85.7 Å². The van der Waals surface area contributed by atoms with E-state index in [9.17, 15) is 0 Å². The van der Waals surface area contributed by atoms with Gasteiger partial charge in [0.25, 0.3) is 0 Å². The summed E-state index contributed by atoms with van der Waals surface area (Å²) in [6, 6.07) is 16.9. The Balaban J connectivity index is 1.29. The third kappa shape index (κ3) is 3.01. The fraction of sp³-hybridized carbons (Fsp3) is 0.182. The van der Waals surface area contributed by atoms with Gasteiger partial charge in [-0.2, -0.15) is 0 Å². The number of hydrogen-bond acceptors (Lipinski definition) is 2. The fourth-order valence-corrected chi connectivity index (χ4v) is 3.82. The summed E-state index contributed by atoms with van der Waals surface area (Å²) in [5, 5.41) is 11.1. The van der Waals surface area contributed by atoms with E-state index in [4.69, 9.17) is 0 Å². The quantitative estimate of drug-likeness (QED) is 0.478. The maximum Gasteiger partial charge on any atom is 0.133 e. The highest BCUT2D eigenvalue weighted by Crippen LogP contribution is 2.20. The Kier molecular flexibility index (Phi) is 3.98. The van der Waals surface area contributed by atoms with Gasteiger partial charge in [0.15, 0.2) is 0 Å². The third-order valence-electron chi connectivity index (χ3n) is 5.29. The molecule has 0 spiro atoms. The van der Waals surface area contributed by atoms with E-state index in [1.165, 1.54) is 32.9 Å². The number of benzene rings is 2. The van der Waals surface area contributed by atoms with Crippen molar-refractivity contribution in [3.63, 3.8) is 0 Å². The van der Waals surface area contributed by atoms with Gasteiger partial charge in [0.1, 0.15) is 12.2 Å². The van der Waals surface area contributed by atoms with Gasteiger partial charge in [-0.3, -0.25) is 0 Å². The number of aromatic amines is 2. The molecule has 134 valence electrons. The van der Waals surface area contributed by atoms with Gasteiger partial charge in [-0.15, -0.1) is 10.2 Å². The van der Waals surface area contributed by atoms with Crippen LogP contribution in [-0.4, -0.2) is 24.7 Å². The first-order valence-corrected chi connectivity index (χ1v) is 9.35. The molecule has 0 atom stereocenters. The van der Waals surface area contributed by atoms with Crippen molar-refractivity contribution >= 4 is 21.8 Å². The lowest BCUT2D eigenvalue weighted by Gasteiger charge is -2.06. The van der Waals surface area contributed by atoms with E-state index >= 15 is 0 Å². The van der Waals surface area contributed by atoms with Crippen molar-refractivity contribution in [1.82, 2.24) is 24.7 Å². The number of H-pyrrole nitrogens is 2. The van der Waals surface area contributed by atoms with Crippen LogP contribution in [0, 0.1) is 0 Å². The van der Waals surface area contributed by atoms with E-state index in [0.29, 0.717) is 0 Å². The summed E-state index contributed by atoms with van der Waals surface area (Å²) in [6.07, 6.45) is 8.87. The topological polar surface area (TPSA) is 62.3 Å². The van der Waals surface area contributed by atoms with Crippen LogP contribution < -0.4 is 0 Å². The monoisotopic (exact) mass is 355 g/mol. The SMILES string of the molecule is c1ccc2c(CCc3nncn3CCc3c[nH]c4ccccc34)c[nH]c2c1. The second-order valence-corrected chi connectivity index (χ2v) is 6.91. The molecule has 5 heteroatoms. The van der Waals surface area contributed by atoms with Gasteiger partial charge in [-0.1, -0.05) is 36.4 Å². The van der Waals surface area contributed by atoms with Crippen molar-refractivity contribution in [2.45, 2.75) is 25.8 Å². The van der Waals surface area contributed by atoms with Crippen LogP contribution in [0.5, 0.6) is 0 Å². The normalized spacial score (nSPS) is 11.6. The molecule has 5 nitrogen and oxygen atoms in total. The highest BCUT2D eigenvalue weighted by atomic mass is 15.3. The molecule has 3 heterocycles. The highest BCUT2D eigenvalue weighted by molar-refractivity contribution is 5.83. The Morgan fingerprint density at radius 1 is 0.741 bits per heavy atom. The number of nitrogens with zero attached hydrogens (tertiary/aromatic N) is 3. The van der Waals surface area contributed by atoms with Gasteiger partial charge >= 0.3 is 0 Å². The number of rotatable bonds is 6. The largest absolute Gasteiger partial charge is 0.361 e. The van der Waals surface area contributed by atoms with Gasteiger partial charge in [-0.05, 0) is 36.1 Å². The predicted octanol–water partition coefficient (Wildman–Crippen LogP) is 4.27. The second-order valence-electron chi connectivity index (χ2n) is 6.91. The number of hydrogen-bond donors (Lipinski definition) is 2. The Morgan fingerprint density at radius 3 is 2.07 bits per heavy atom. The minimum absolute atomic E-state index is 0.885. The lowest BCUT2D eigenvalue weighted by Crippen LogP contribution is -2.06. The van der Waals surface area contributed by atoms with Crippen LogP contribution in [-0.2, 0) is 25.8 Å². The van der Waals surface area contributed by atoms with Crippen LogP contribution in [0.3, 0.4) is 0 Å². The van der Waals surface area contributed by atoms with Crippen molar-refractivity contribution in [2.24, 2.45) is 0 Å². The number of para-hydroxylation sites is 2. The number of aromatic nitrogens is 5. The van der Waals surface area contributed by atoms with Crippen LogP contribution in [0.2, 0.25) is 0 Å². The molecule has 0 amide bonds. The van der Waals surface area contributed by atoms with Crippen LogP contribution >= 0.6 is 0 Å². The van der Waals surface area contributed by atoms with Gasteiger partial charge in [-0.25, -0.2) is 0 Å². The molecule has 5 rings (SSSR count). The molecule has 27 heavy (non-hydrogen) atoms. The molecule has 0 bridgehead atoms. The summed E-state index contributed by atoms with van der Waals surface area (Å²) in [5.41, 5.74) is 5.04. The van der Waals surface area contributed by atoms with E-state index in [1.807, 2.05) is 6.33 Å². The molecule has 0 saturated carbocycles. The Bertz CT molecular complexity index is 1100. The summed E-state index contributed by atoms with van der Waals surface area (Å²) >= 11 is 0. The fourth-order valence-electron chi connectivity index (χ4n) is 3.82. The third-order valence-corrected chi connectivity index (χ3v) is 5.29. The molecule has 0 radical (unpaired) electrons.